The van der Waals surface area contributed by atoms with Gasteiger partial charge in [0.25, 0.3) is 0 Å². The third-order valence-corrected chi connectivity index (χ3v) is 9.48. The molecule has 0 bridgehead atoms. The van der Waals surface area contributed by atoms with Crippen LogP contribution in [0.15, 0.2) is 36.4 Å². The minimum Gasteiger partial charge on any atom is -0.493 e. The number of carbonyl (C=O) groups excluding carboxylic acids is 2. The number of sulfonamides is 1. The van der Waals surface area contributed by atoms with Crippen LogP contribution in [0.3, 0.4) is 0 Å². The lowest BCUT2D eigenvalue weighted by molar-refractivity contribution is -0.126. The summed E-state index contributed by atoms with van der Waals surface area (Å²) in [5.41, 5.74) is 2.84. The highest BCUT2D eigenvalue weighted by Crippen LogP contribution is 2.45. The third-order valence-electron chi connectivity index (χ3n) is 8.88. The van der Waals surface area contributed by atoms with Gasteiger partial charge >= 0.3 is 0 Å². The summed E-state index contributed by atoms with van der Waals surface area (Å²) in [7, 11) is -1.67. The Kier molecular flexibility index (Phi) is 8.67. The Labute approximate surface area is 248 Å². The van der Waals surface area contributed by atoms with Crippen LogP contribution in [0.1, 0.15) is 69.4 Å². The van der Waals surface area contributed by atoms with Gasteiger partial charge in [-0.3, -0.25) is 19.2 Å². The number of likely N-dealkylation sites (N-methyl/N-ethyl adjacent to an activating group) is 1. The van der Waals surface area contributed by atoms with Gasteiger partial charge < -0.3 is 10.1 Å². The van der Waals surface area contributed by atoms with Crippen LogP contribution in [0, 0.1) is 17.2 Å². The number of benzene rings is 2. The molecule has 2 aromatic rings. The van der Waals surface area contributed by atoms with Gasteiger partial charge in [-0.15, -0.1) is 0 Å². The molecular weight excluding hydrogens is 557 g/mol. The van der Waals surface area contributed by atoms with Crippen LogP contribution in [0.5, 0.6) is 5.75 Å². The van der Waals surface area contributed by atoms with Crippen LogP contribution in [0.2, 0.25) is 0 Å². The van der Waals surface area contributed by atoms with Crippen molar-refractivity contribution < 1.29 is 27.1 Å². The van der Waals surface area contributed by atoms with Gasteiger partial charge in [0.2, 0.25) is 21.8 Å². The summed E-state index contributed by atoms with van der Waals surface area (Å²) < 4.78 is 46.5. The van der Waals surface area contributed by atoms with E-state index in [0.717, 1.165) is 56.9 Å². The van der Waals surface area contributed by atoms with E-state index in [-0.39, 0.29) is 47.5 Å². The number of hydrogen-bond donors (Lipinski definition) is 2. The zero-order valence-electron chi connectivity index (χ0n) is 24.9. The highest BCUT2D eigenvalue weighted by atomic mass is 32.2. The molecule has 2 aliphatic carbocycles. The van der Waals surface area contributed by atoms with Crippen LogP contribution >= 0.6 is 0 Å². The molecule has 1 unspecified atom stereocenters. The third kappa shape index (κ3) is 7.14. The van der Waals surface area contributed by atoms with Crippen molar-refractivity contribution in [2.75, 3.05) is 26.5 Å². The molecule has 2 saturated carbocycles. The van der Waals surface area contributed by atoms with Crippen molar-refractivity contribution in [1.29, 1.82) is 0 Å². The molecule has 10 heteroatoms. The van der Waals surface area contributed by atoms with E-state index in [1.807, 2.05) is 17.8 Å². The minimum absolute atomic E-state index is 0.0907. The monoisotopic (exact) mass is 599 g/mol. The van der Waals surface area contributed by atoms with Gasteiger partial charge in [0.15, 0.2) is 0 Å². The van der Waals surface area contributed by atoms with Crippen molar-refractivity contribution in [3.63, 3.8) is 0 Å². The molecule has 1 aliphatic heterocycles. The first-order valence-corrected chi connectivity index (χ1v) is 16.7. The lowest BCUT2D eigenvalue weighted by Gasteiger charge is -2.37. The number of ether oxygens (including phenoxy) is 1. The minimum atomic E-state index is -3.68. The first-order chi connectivity index (χ1) is 19.8. The van der Waals surface area contributed by atoms with E-state index in [0.29, 0.717) is 29.0 Å². The molecule has 0 spiro atoms. The average Bonchev–Trinajstić information content (AvgIpc) is 3.11. The topological polar surface area (TPSA) is 105 Å². The Morgan fingerprint density at radius 2 is 1.86 bits per heavy atom. The van der Waals surface area contributed by atoms with E-state index in [4.69, 9.17) is 4.74 Å². The summed E-state index contributed by atoms with van der Waals surface area (Å²) in [6.45, 7) is 5.75. The second-order valence-corrected chi connectivity index (χ2v) is 15.0. The maximum absolute atomic E-state index is 15.1. The molecule has 5 rings (SSSR count). The summed E-state index contributed by atoms with van der Waals surface area (Å²) in [4.78, 5) is 27.4. The Bertz CT molecular complexity index is 1450. The van der Waals surface area contributed by atoms with Gasteiger partial charge in [-0.2, -0.15) is 0 Å². The lowest BCUT2D eigenvalue weighted by atomic mass is 9.76. The maximum Gasteiger partial charge on any atom is 0.237 e. The number of likely N-dealkylation sites (tertiary alicyclic amines) is 1. The molecule has 8 nitrogen and oxygen atoms in total. The van der Waals surface area contributed by atoms with Crippen molar-refractivity contribution >= 4 is 21.8 Å². The van der Waals surface area contributed by atoms with E-state index in [1.54, 1.807) is 24.3 Å². The van der Waals surface area contributed by atoms with Gasteiger partial charge in [-0.1, -0.05) is 38.5 Å². The number of amides is 2. The molecule has 42 heavy (non-hydrogen) atoms. The van der Waals surface area contributed by atoms with E-state index in [1.165, 1.54) is 6.07 Å². The zero-order chi connectivity index (χ0) is 30.2. The first kappa shape index (κ1) is 30.5. The largest absolute Gasteiger partial charge is 0.493 e. The Morgan fingerprint density at radius 1 is 1.12 bits per heavy atom. The van der Waals surface area contributed by atoms with Crippen LogP contribution < -0.4 is 14.8 Å². The number of rotatable bonds is 10. The van der Waals surface area contributed by atoms with Gasteiger partial charge in [0.05, 0.1) is 25.3 Å². The zero-order valence-corrected chi connectivity index (χ0v) is 25.7. The lowest BCUT2D eigenvalue weighted by Crippen LogP contribution is -2.51. The van der Waals surface area contributed by atoms with Crippen LogP contribution in [0.25, 0.3) is 11.1 Å². The van der Waals surface area contributed by atoms with E-state index in [2.05, 4.69) is 24.1 Å². The predicted molar refractivity (Wildman–Crippen MR) is 160 cm³/mol. The summed E-state index contributed by atoms with van der Waals surface area (Å²) in [5, 5.41) is 3.21. The number of nitrogens with one attached hydrogen (secondary N) is 2. The van der Waals surface area contributed by atoms with Crippen LogP contribution in [-0.2, 0) is 26.0 Å². The van der Waals surface area contributed by atoms with Gasteiger partial charge in [-0.25, -0.2) is 12.8 Å². The molecule has 1 atom stereocenters. The van der Waals surface area contributed by atoms with Crippen molar-refractivity contribution in [1.82, 2.24) is 14.9 Å². The summed E-state index contributed by atoms with van der Waals surface area (Å²) in [5.74, 6) is 0.213. The first-order valence-electron chi connectivity index (χ1n) is 14.8. The van der Waals surface area contributed by atoms with Crippen molar-refractivity contribution in [2.24, 2.45) is 11.3 Å². The SMILES string of the molecule is CN1CC(C)(C)CC1C(=O)NC1CC(COc2ccc(CC(=O)NS(C)(=O)=O)cc2-c2cccc(F)c2C2CCC2)C1. The average molecular weight is 600 g/mol. The fraction of sp³-hybridized carbons (Fsp3) is 0.562. The molecule has 2 aromatic carbocycles. The molecule has 3 aliphatic rings. The maximum atomic E-state index is 15.1. The van der Waals surface area contributed by atoms with Gasteiger partial charge in [0, 0.05) is 18.2 Å². The second kappa shape index (κ2) is 12.0. The molecule has 0 radical (unpaired) electrons. The molecular formula is C32H42FN3O5S. The van der Waals surface area contributed by atoms with Gasteiger partial charge in [-0.05, 0) is 91.3 Å². The van der Waals surface area contributed by atoms with E-state index in [9.17, 15) is 18.0 Å². The molecule has 2 N–H and O–H groups in total. The molecule has 1 heterocycles. The van der Waals surface area contributed by atoms with Crippen molar-refractivity contribution in [3.05, 3.63) is 53.3 Å². The summed E-state index contributed by atoms with van der Waals surface area (Å²) in [6.07, 6.45) is 6.22. The quantitative estimate of drug-likeness (QED) is 0.420. The van der Waals surface area contributed by atoms with Crippen LogP contribution in [-0.4, -0.2) is 63.7 Å². The number of carbonyl (C=O) groups is 2. The Balaban J connectivity index is 1.28. The number of nitrogens with zero attached hydrogens (tertiary/aromatic N) is 1. The number of halogens is 1. The summed E-state index contributed by atoms with van der Waals surface area (Å²) in [6, 6.07) is 10.4. The second-order valence-electron chi connectivity index (χ2n) is 13.3. The molecule has 2 amide bonds. The van der Waals surface area contributed by atoms with Gasteiger partial charge in [0.1, 0.15) is 11.6 Å². The molecule has 3 fully saturated rings. The normalized spacial score (nSPS) is 24.0. The van der Waals surface area contributed by atoms with Crippen molar-refractivity contribution in [2.45, 2.75) is 76.8 Å². The fourth-order valence-corrected chi connectivity index (χ4v) is 7.14. The van der Waals surface area contributed by atoms with Crippen LogP contribution in [0.4, 0.5) is 4.39 Å². The molecule has 0 aromatic heterocycles. The summed E-state index contributed by atoms with van der Waals surface area (Å²) >= 11 is 0. The highest BCUT2D eigenvalue weighted by molar-refractivity contribution is 7.89. The van der Waals surface area contributed by atoms with E-state index < -0.39 is 15.9 Å². The smallest absolute Gasteiger partial charge is 0.237 e. The standard InChI is InChI=1S/C32H42FN3O5S/c1-32(2)17-27(36(3)19-32)31(38)34-23-13-21(14-23)18-41-28-12-11-20(16-29(37)35-42(4,39)40)15-25(28)24-9-6-10-26(33)30(24)22-7-5-8-22/h6,9-12,15,21-23,27H,5,7-8,13-14,16-19H2,1-4H3,(H,34,38)(H,35,37). The highest BCUT2D eigenvalue weighted by Gasteiger charge is 2.41. The van der Waals surface area contributed by atoms with E-state index >= 15 is 4.39 Å². The van der Waals surface area contributed by atoms with Crippen molar-refractivity contribution in [3.8, 4) is 16.9 Å². The fourth-order valence-electron chi connectivity index (χ4n) is 6.65. The molecule has 228 valence electrons. The predicted octanol–water partition coefficient (Wildman–Crippen LogP) is 4.38. The number of hydrogen-bond acceptors (Lipinski definition) is 6. The Morgan fingerprint density at radius 3 is 2.48 bits per heavy atom. The Hall–Kier alpha value is -2.98. The molecule has 1 saturated heterocycles.